The highest BCUT2D eigenvalue weighted by atomic mass is 32.1. The SMILES string of the molecule is O=C(NCc1cscn1)C1=NO[C@@]2(CCCN(c3cnccn3)C2)C1. The molecule has 1 saturated heterocycles. The number of hydrogen-bond acceptors (Lipinski definition) is 8. The first-order chi connectivity index (χ1) is 12.2. The monoisotopic (exact) mass is 358 g/mol. The fourth-order valence-corrected chi connectivity index (χ4v) is 3.77. The van der Waals surface area contributed by atoms with Gasteiger partial charge in [0.2, 0.25) is 0 Å². The third kappa shape index (κ3) is 3.46. The second kappa shape index (κ2) is 6.75. The zero-order valence-electron chi connectivity index (χ0n) is 13.6. The molecule has 9 heteroatoms. The largest absolute Gasteiger partial charge is 0.386 e. The van der Waals surface area contributed by atoms with Crippen LogP contribution in [0.15, 0.2) is 34.6 Å². The van der Waals surface area contributed by atoms with Crippen molar-refractivity contribution < 1.29 is 9.63 Å². The lowest BCUT2D eigenvalue weighted by Crippen LogP contribution is -2.49. The molecule has 8 nitrogen and oxygen atoms in total. The van der Waals surface area contributed by atoms with Crippen LogP contribution in [0.3, 0.4) is 0 Å². The number of aromatic nitrogens is 3. The summed E-state index contributed by atoms with van der Waals surface area (Å²) in [7, 11) is 0. The molecule has 25 heavy (non-hydrogen) atoms. The number of piperidine rings is 1. The maximum absolute atomic E-state index is 12.3. The van der Waals surface area contributed by atoms with Gasteiger partial charge < -0.3 is 15.1 Å². The first-order valence-corrected chi connectivity index (χ1v) is 9.10. The summed E-state index contributed by atoms with van der Waals surface area (Å²) in [5.41, 5.74) is 2.58. The van der Waals surface area contributed by atoms with Crippen LogP contribution in [0.2, 0.25) is 0 Å². The number of amides is 1. The minimum Gasteiger partial charge on any atom is -0.386 e. The molecule has 1 spiro atoms. The van der Waals surface area contributed by atoms with Crippen LogP contribution in [-0.4, -0.2) is 45.3 Å². The number of oxime groups is 1. The van der Waals surface area contributed by atoms with E-state index in [0.717, 1.165) is 30.9 Å². The molecular formula is C16H18N6O2S. The van der Waals surface area contributed by atoms with Gasteiger partial charge in [-0.25, -0.2) is 9.97 Å². The van der Waals surface area contributed by atoms with Crippen LogP contribution in [0.1, 0.15) is 25.0 Å². The first kappa shape index (κ1) is 15.9. The molecule has 0 saturated carbocycles. The zero-order chi connectivity index (χ0) is 17.1. The molecule has 130 valence electrons. The molecule has 0 unspecified atom stereocenters. The highest BCUT2D eigenvalue weighted by Gasteiger charge is 2.44. The Morgan fingerprint density at radius 3 is 3.16 bits per heavy atom. The summed E-state index contributed by atoms with van der Waals surface area (Å²) < 4.78 is 0. The summed E-state index contributed by atoms with van der Waals surface area (Å²) in [4.78, 5) is 32.8. The van der Waals surface area contributed by atoms with Gasteiger partial charge in [-0.2, -0.15) is 0 Å². The van der Waals surface area contributed by atoms with E-state index in [2.05, 4.69) is 30.3 Å². The van der Waals surface area contributed by atoms with E-state index in [9.17, 15) is 4.79 Å². The number of anilines is 1. The Labute approximate surface area is 148 Å². The average Bonchev–Trinajstić information content (AvgIpc) is 3.31. The van der Waals surface area contributed by atoms with Gasteiger partial charge >= 0.3 is 0 Å². The normalized spacial score (nSPS) is 22.6. The summed E-state index contributed by atoms with van der Waals surface area (Å²) in [5, 5.41) is 8.83. The summed E-state index contributed by atoms with van der Waals surface area (Å²) in [6, 6.07) is 0. The van der Waals surface area contributed by atoms with Crippen molar-refractivity contribution in [3.63, 3.8) is 0 Å². The van der Waals surface area contributed by atoms with Crippen LogP contribution in [0.25, 0.3) is 0 Å². The maximum Gasteiger partial charge on any atom is 0.269 e. The third-order valence-electron chi connectivity index (χ3n) is 4.43. The second-order valence-corrected chi connectivity index (χ2v) is 6.96. The fraction of sp³-hybridized carbons (Fsp3) is 0.438. The van der Waals surface area contributed by atoms with Gasteiger partial charge in [0.25, 0.3) is 5.91 Å². The van der Waals surface area contributed by atoms with E-state index in [1.807, 2.05) is 5.38 Å². The first-order valence-electron chi connectivity index (χ1n) is 8.15. The minimum atomic E-state index is -0.455. The van der Waals surface area contributed by atoms with Crippen molar-refractivity contribution in [2.75, 3.05) is 18.0 Å². The van der Waals surface area contributed by atoms with Gasteiger partial charge in [0.15, 0.2) is 5.60 Å². The van der Waals surface area contributed by atoms with E-state index in [0.29, 0.717) is 25.2 Å². The quantitative estimate of drug-likeness (QED) is 0.887. The Kier molecular flexibility index (Phi) is 4.31. The van der Waals surface area contributed by atoms with Crippen LogP contribution in [-0.2, 0) is 16.2 Å². The molecule has 2 aliphatic heterocycles. The maximum atomic E-state index is 12.3. The molecule has 0 bridgehead atoms. The molecule has 2 aromatic rings. The van der Waals surface area contributed by atoms with Crippen molar-refractivity contribution in [3.8, 4) is 0 Å². The van der Waals surface area contributed by atoms with Crippen molar-refractivity contribution in [2.24, 2.45) is 5.16 Å². The van der Waals surface area contributed by atoms with Crippen molar-refractivity contribution in [2.45, 2.75) is 31.4 Å². The Morgan fingerprint density at radius 2 is 2.36 bits per heavy atom. The molecule has 4 heterocycles. The van der Waals surface area contributed by atoms with Gasteiger partial charge in [-0.15, -0.1) is 11.3 Å². The van der Waals surface area contributed by atoms with E-state index < -0.39 is 5.60 Å². The molecule has 0 radical (unpaired) electrons. The highest BCUT2D eigenvalue weighted by Crippen LogP contribution is 2.34. The van der Waals surface area contributed by atoms with Crippen LogP contribution in [0.4, 0.5) is 5.82 Å². The highest BCUT2D eigenvalue weighted by molar-refractivity contribution is 7.07. The van der Waals surface area contributed by atoms with Gasteiger partial charge in [0, 0.05) is 30.7 Å². The molecular weight excluding hydrogens is 340 g/mol. The lowest BCUT2D eigenvalue weighted by molar-refractivity contribution is -0.115. The Hall–Kier alpha value is -2.55. The summed E-state index contributed by atoms with van der Waals surface area (Å²) >= 11 is 1.51. The number of nitrogens with one attached hydrogen (secondary N) is 1. The van der Waals surface area contributed by atoms with E-state index in [1.165, 1.54) is 11.3 Å². The molecule has 0 aliphatic carbocycles. The van der Waals surface area contributed by atoms with Crippen LogP contribution < -0.4 is 10.2 Å². The Balaban J connectivity index is 1.37. The Bertz CT molecular complexity index is 766. The molecule has 1 amide bonds. The molecule has 1 N–H and O–H groups in total. The standard InChI is InChI=1S/C16H18N6O2S/c23-15(19-7-12-9-25-11-20-12)13-6-16(24-21-13)2-1-5-22(10-16)14-8-17-3-4-18-14/h3-4,8-9,11H,1-2,5-7,10H2,(H,19,23)/t16-/m0/s1. The molecule has 2 aliphatic rings. The number of hydrogen-bond donors (Lipinski definition) is 1. The van der Waals surface area contributed by atoms with Crippen molar-refractivity contribution in [1.82, 2.24) is 20.3 Å². The average molecular weight is 358 g/mol. The number of rotatable bonds is 4. The van der Waals surface area contributed by atoms with E-state index in [1.54, 1.807) is 24.1 Å². The Morgan fingerprint density at radius 1 is 1.40 bits per heavy atom. The predicted octanol–water partition coefficient (Wildman–Crippen LogP) is 1.36. The second-order valence-electron chi connectivity index (χ2n) is 6.24. The van der Waals surface area contributed by atoms with Crippen LogP contribution in [0.5, 0.6) is 0 Å². The number of thiazole rings is 1. The van der Waals surface area contributed by atoms with Gasteiger partial charge in [0.1, 0.15) is 11.5 Å². The lowest BCUT2D eigenvalue weighted by atomic mass is 9.88. The fourth-order valence-electron chi connectivity index (χ4n) is 3.21. The predicted molar refractivity (Wildman–Crippen MR) is 93.3 cm³/mol. The molecule has 0 aromatic carbocycles. The van der Waals surface area contributed by atoms with Crippen LogP contribution >= 0.6 is 11.3 Å². The van der Waals surface area contributed by atoms with Gasteiger partial charge in [-0.05, 0) is 12.8 Å². The smallest absolute Gasteiger partial charge is 0.269 e. The molecule has 1 fully saturated rings. The van der Waals surface area contributed by atoms with Crippen LogP contribution in [0, 0.1) is 0 Å². The van der Waals surface area contributed by atoms with E-state index >= 15 is 0 Å². The van der Waals surface area contributed by atoms with Crippen molar-refractivity contribution in [3.05, 3.63) is 35.2 Å². The van der Waals surface area contributed by atoms with Crippen molar-refractivity contribution >= 4 is 28.8 Å². The number of carbonyl (C=O) groups is 1. The lowest BCUT2D eigenvalue weighted by Gasteiger charge is -2.38. The molecule has 2 aromatic heterocycles. The summed E-state index contributed by atoms with van der Waals surface area (Å²) in [5.74, 6) is 0.633. The third-order valence-corrected chi connectivity index (χ3v) is 5.06. The molecule has 1 atom stereocenters. The van der Waals surface area contributed by atoms with Gasteiger partial charge in [-0.1, -0.05) is 5.16 Å². The summed E-state index contributed by atoms with van der Waals surface area (Å²) in [6.07, 6.45) is 7.42. The topological polar surface area (TPSA) is 92.6 Å². The molecule has 4 rings (SSSR count). The van der Waals surface area contributed by atoms with Gasteiger partial charge in [-0.3, -0.25) is 9.78 Å². The van der Waals surface area contributed by atoms with Crippen molar-refractivity contribution in [1.29, 1.82) is 0 Å². The van der Waals surface area contributed by atoms with E-state index in [4.69, 9.17) is 4.84 Å². The minimum absolute atomic E-state index is 0.193. The number of carbonyl (C=O) groups excluding carboxylic acids is 1. The zero-order valence-corrected chi connectivity index (χ0v) is 14.4. The number of nitrogens with zero attached hydrogens (tertiary/aromatic N) is 5. The van der Waals surface area contributed by atoms with E-state index in [-0.39, 0.29) is 5.91 Å². The summed E-state index contributed by atoms with van der Waals surface area (Å²) in [6.45, 7) is 1.95. The van der Waals surface area contributed by atoms with Gasteiger partial charge in [0.05, 0.1) is 30.5 Å².